The molecule has 142 valence electrons. The molecule has 0 aliphatic carbocycles. The molecule has 0 bridgehead atoms. The van der Waals surface area contributed by atoms with Crippen molar-refractivity contribution in [3.63, 3.8) is 0 Å². The molecule has 6 nitrogen and oxygen atoms in total. The summed E-state index contributed by atoms with van der Waals surface area (Å²) in [5.41, 5.74) is 1.13. The number of carbonyl (C=O) groups excluding carboxylic acids is 1. The number of benzene rings is 2. The molecule has 3 aromatic rings. The van der Waals surface area contributed by atoms with Gasteiger partial charge in [-0.15, -0.1) is 0 Å². The van der Waals surface area contributed by atoms with Crippen molar-refractivity contribution in [1.29, 1.82) is 5.26 Å². The molecule has 0 spiro atoms. The number of rotatable bonds is 7. The summed E-state index contributed by atoms with van der Waals surface area (Å²) >= 11 is 8.26. The molecule has 2 aromatic carbocycles. The molecule has 0 fully saturated rings. The Bertz CT molecular complexity index is 981. The number of aromatic nitrogens is 2. The number of hydrogen-bond acceptors (Lipinski definition) is 4. The van der Waals surface area contributed by atoms with Crippen LogP contribution in [0.1, 0.15) is 15.9 Å². The Kier molecular flexibility index (Phi) is 6.90. The van der Waals surface area contributed by atoms with Gasteiger partial charge in [-0.05, 0) is 82.7 Å². The molecular weight excluding hydrogens is 491 g/mol. The minimum absolute atomic E-state index is 0.193. The molecule has 1 aromatic heterocycles. The molecule has 0 aliphatic heterocycles. The van der Waals surface area contributed by atoms with Crippen LogP contribution in [0.5, 0.6) is 5.75 Å². The Morgan fingerprint density at radius 3 is 2.57 bits per heavy atom. The maximum absolute atomic E-state index is 12.6. The fraction of sp³-hybridized carbons (Fsp3) is 0.150. The van der Waals surface area contributed by atoms with E-state index in [1.54, 1.807) is 53.4 Å². The van der Waals surface area contributed by atoms with E-state index in [2.05, 4.69) is 39.0 Å². The minimum atomic E-state index is -0.339. The van der Waals surface area contributed by atoms with Crippen molar-refractivity contribution in [3.05, 3.63) is 80.9 Å². The third-order valence-electron chi connectivity index (χ3n) is 3.96. The van der Waals surface area contributed by atoms with Gasteiger partial charge in [-0.2, -0.15) is 5.26 Å². The van der Waals surface area contributed by atoms with Gasteiger partial charge in [0.25, 0.3) is 5.91 Å². The smallest absolute Gasteiger partial charge is 0.251 e. The summed E-state index contributed by atoms with van der Waals surface area (Å²) in [6, 6.07) is 15.8. The highest BCUT2D eigenvalue weighted by molar-refractivity contribution is 14.1. The monoisotopic (exact) mass is 506 g/mol. The molecule has 8 heteroatoms. The Hall–Kier alpha value is -2.57. The second-order valence-electron chi connectivity index (χ2n) is 5.97. The molecule has 1 heterocycles. The Morgan fingerprint density at radius 2 is 1.96 bits per heavy atom. The first-order chi connectivity index (χ1) is 13.5. The molecule has 0 radical (unpaired) electrons. The zero-order valence-electron chi connectivity index (χ0n) is 14.7. The van der Waals surface area contributed by atoms with Gasteiger partial charge >= 0.3 is 0 Å². The van der Waals surface area contributed by atoms with E-state index in [9.17, 15) is 4.79 Å². The van der Waals surface area contributed by atoms with E-state index >= 15 is 0 Å². The van der Waals surface area contributed by atoms with E-state index < -0.39 is 0 Å². The summed E-state index contributed by atoms with van der Waals surface area (Å²) in [5, 5.41) is 12.2. The van der Waals surface area contributed by atoms with Gasteiger partial charge < -0.3 is 14.6 Å². The van der Waals surface area contributed by atoms with Gasteiger partial charge in [-0.3, -0.25) is 4.79 Å². The number of carbonyl (C=O) groups is 1. The van der Waals surface area contributed by atoms with Gasteiger partial charge in [0.05, 0.1) is 17.7 Å². The molecular formula is C20H16ClIN4O2. The van der Waals surface area contributed by atoms with Crippen LogP contribution in [0.4, 0.5) is 0 Å². The SMILES string of the molecule is N#Cc1ccc(OCC(Cn2ccnc2Cl)NC(=O)c2ccc(I)cc2)cc1. The molecule has 0 aliphatic rings. The number of ether oxygens (including phenoxy) is 1. The third-order valence-corrected chi connectivity index (χ3v) is 4.99. The number of halogens is 2. The molecule has 1 atom stereocenters. The Labute approximate surface area is 181 Å². The maximum atomic E-state index is 12.6. The largest absolute Gasteiger partial charge is 0.491 e. The number of hydrogen-bond donors (Lipinski definition) is 1. The van der Waals surface area contributed by atoms with E-state index in [-0.39, 0.29) is 18.6 Å². The fourth-order valence-electron chi connectivity index (χ4n) is 2.52. The van der Waals surface area contributed by atoms with Crippen molar-refractivity contribution in [2.24, 2.45) is 0 Å². The molecule has 1 amide bonds. The predicted molar refractivity (Wildman–Crippen MR) is 114 cm³/mol. The second kappa shape index (κ2) is 9.57. The lowest BCUT2D eigenvalue weighted by Gasteiger charge is -2.20. The number of nitrogens with zero attached hydrogens (tertiary/aromatic N) is 3. The van der Waals surface area contributed by atoms with Crippen molar-refractivity contribution in [2.75, 3.05) is 6.61 Å². The van der Waals surface area contributed by atoms with Gasteiger partial charge in [-0.1, -0.05) is 0 Å². The van der Waals surface area contributed by atoms with Gasteiger partial charge in [-0.25, -0.2) is 4.98 Å². The predicted octanol–water partition coefficient (Wildman–Crippen LogP) is 3.89. The average molecular weight is 507 g/mol. The van der Waals surface area contributed by atoms with E-state index in [0.717, 1.165) is 3.57 Å². The molecule has 3 rings (SSSR count). The van der Waals surface area contributed by atoms with Crippen LogP contribution >= 0.6 is 34.2 Å². The second-order valence-corrected chi connectivity index (χ2v) is 7.56. The van der Waals surface area contributed by atoms with Crippen LogP contribution in [0.3, 0.4) is 0 Å². The zero-order valence-corrected chi connectivity index (χ0v) is 17.6. The quantitative estimate of drug-likeness (QED) is 0.493. The van der Waals surface area contributed by atoms with Crippen molar-refractivity contribution in [2.45, 2.75) is 12.6 Å². The van der Waals surface area contributed by atoms with Crippen LogP contribution in [-0.4, -0.2) is 28.1 Å². The number of imidazole rings is 1. The van der Waals surface area contributed by atoms with Crippen molar-refractivity contribution < 1.29 is 9.53 Å². The van der Waals surface area contributed by atoms with Crippen molar-refractivity contribution in [3.8, 4) is 11.8 Å². The van der Waals surface area contributed by atoms with Crippen LogP contribution in [0.15, 0.2) is 60.9 Å². The molecule has 28 heavy (non-hydrogen) atoms. The van der Waals surface area contributed by atoms with E-state index in [4.69, 9.17) is 21.6 Å². The molecule has 1 N–H and O–H groups in total. The normalized spacial score (nSPS) is 11.5. The van der Waals surface area contributed by atoms with Gasteiger partial charge in [0.1, 0.15) is 12.4 Å². The lowest BCUT2D eigenvalue weighted by atomic mass is 10.2. The van der Waals surface area contributed by atoms with Crippen molar-refractivity contribution in [1.82, 2.24) is 14.9 Å². The third kappa shape index (κ3) is 5.47. The van der Waals surface area contributed by atoms with Crippen LogP contribution in [0.2, 0.25) is 5.28 Å². The highest BCUT2D eigenvalue weighted by Gasteiger charge is 2.17. The molecule has 1 unspecified atom stereocenters. The summed E-state index contributed by atoms with van der Waals surface area (Å²) in [6.45, 7) is 0.641. The Morgan fingerprint density at radius 1 is 1.25 bits per heavy atom. The lowest BCUT2D eigenvalue weighted by Crippen LogP contribution is -2.42. The Balaban J connectivity index is 1.70. The van der Waals surface area contributed by atoms with Crippen molar-refractivity contribution >= 4 is 40.1 Å². The number of nitrogens with one attached hydrogen (secondary N) is 1. The summed E-state index contributed by atoms with van der Waals surface area (Å²) < 4.78 is 8.60. The first-order valence-electron chi connectivity index (χ1n) is 8.41. The standard InChI is InChI=1S/C20H16ClIN4O2/c21-20-24-9-10-26(20)12-17(13-28-18-7-1-14(11-23)2-8-18)25-19(27)15-3-5-16(22)6-4-15/h1-10,17H,12-13H2,(H,25,27). The maximum Gasteiger partial charge on any atom is 0.251 e. The molecule has 0 saturated carbocycles. The average Bonchev–Trinajstić information content (AvgIpc) is 3.11. The summed E-state index contributed by atoms with van der Waals surface area (Å²) in [5.74, 6) is 0.422. The van der Waals surface area contributed by atoms with Gasteiger partial charge in [0.15, 0.2) is 0 Å². The summed E-state index contributed by atoms with van der Waals surface area (Å²) in [7, 11) is 0. The van der Waals surface area contributed by atoms with Gasteiger partial charge in [0.2, 0.25) is 5.28 Å². The van der Waals surface area contributed by atoms with Gasteiger partial charge in [0, 0.05) is 28.1 Å². The summed E-state index contributed by atoms with van der Waals surface area (Å²) in [4.78, 5) is 16.6. The number of amides is 1. The number of nitriles is 1. The zero-order chi connectivity index (χ0) is 19.9. The van der Waals surface area contributed by atoms with Crippen LogP contribution in [0, 0.1) is 14.9 Å². The van der Waals surface area contributed by atoms with Crippen LogP contribution < -0.4 is 10.1 Å². The first-order valence-corrected chi connectivity index (χ1v) is 9.87. The van der Waals surface area contributed by atoms with E-state index in [1.165, 1.54) is 0 Å². The lowest BCUT2D eigenvalue weighted by molar-refractivity contribution is 0.0915. The summed E-state index contributed by atoms with van der Waals surface area (Å²) in [6.07, 6.45) is 3.34. The van der Waals surface area contributed by atoms with Crippen LogP contribution in [-0.2, 0) is 6.54 Å². The molecule has 0 saturated heterocycles. The topological polar surface area (TPSA) is 79.9 Å². The van der Waals surface area contributed by atoms with Crippen LogP contribution in [0.25, 0.3) is 0 Å². The highest BCUT2D eigenvalue weighted by Crippen LogP contribution is 2.13. The minimum Gasteiger partial charge on any atom is -0.491 e. The van der Waals surface area contributed by atoms with E-state index in [1.807, 2.05) is 12.1 Å². The first kappa shape index (κ1) is 20.2. The highest BCUT2D eigenvalue weighted by atomic mass is 127. The van der Waals surface area contributed by atoms with E-state index in [0.29, 0.717) is 28.7 Å². The fourth-order valence-corrected chi connectivity index (χ4v) is 3.06.